The van der Waals surface area contributed by atoms with Gasteiger partial charge in [-0.1, -0.05) is 0 Å². The highest BCUT2D eigenvalue weighted by Crippen LogP contribution is 2.31. The van der Waals surface area contributed by atoms with E-state index in [1.165, 1.54) is 6.07 Å². The highest BCUT2D eigenvalue weighted by molar-refractivity contribution is 5.58. The van der Waals surface area contributed by atoms with Crippen LogP contribution in [0.1, 0.15) is 20.8 Å². The van der Waals surface area contributed by atoms with Crippen molar-refractivity contribution in [2.24, 2.45) is 0 Å². The lowest BCUT2D eigenvalue weighted by molar-refractivity contribution is -0.386. The van der Waals surface area contributed by atoms with Gasteiger partial charge in [0.1, 0.15) is 0 Å². The number of ether oxygens (including phenoxy) is 2. The van der Waals surface area contributed by atoms with Crippen molar-refractivity contribution in [1.29, 1.82) is 0 Å². The second-order valence-corrected chi connectivity index (χ2v) is 4.61. The molecule has 0 aliphatic carbocycles. The first-order valence-corrected chi connectivity index (χ1v) is 6.14. The standard InChI is InChI=1S/C13H20N2O4/c1-9(2)19-13-7-11(14-10(3)8-18-4)5-6-12(13)15(16)17/h5-7,9-10,14H,8H2,1-4H3. The number of nitrogens with zero attached hydrogens (tertiary/aromatic N) is 1. The Balaban J connectivity index is 2.94. The van der Waals surface area contributed by atoms with Crippen LogP contribution in [-0.2, 0) is 4.74 Å². The van der Waals surface area contributed by atoms with Gasteiger partial charge in [0.25, 0.3) is 0 Å². The molecular weight excluding hydrogens is 248 g/mol. The zero-order valence-corrected chi connectivity index (χ0v) is 11.7. The van der Waals surface area contributed by atoms with Gasteiger partial charge in [0.05, 0.1) is 17.6 Å². The fraction of sp³-hybridized carbons (Fsp3) is 0.538. The van der Waals surface area contributed by atoms with Gasteiger partial charge in [0.15, 0.2) is 5.75 Å². The van der Waals surface area contributed by atoms with E-state index in [0.29, 0.717) is 6.61 Å². The summed E-state index contributed by atoms with van der Waals surface area (Å²) >= 11 is 0. The van der Waals surface area contributed by atoms with Crippen molar-refractivity contribution < 1.29 is 14.4 Å². The van der Waals surface area contributed by atoms with E-state index in [1.54, 1.807) is 19.2 Å². The molecule has 106 valence electrons. The van der Waals surface area contributed by atoms with Gasteiger partial charge in [0.2, 0.25) is 0 Å². The Hall–Kier alpha value is -1.82. The number of nitro benzene ring substituents is 1. The van der Waals surface area contributed by atoms with Crippen molar-refractivity contribution in [3.8, 4) is 5.75 Å². The molecule has 1 aromatic rings. The summed E-state index contributed by atoms with van der Waals surface area (Å²) in [6.07, 6.45) is -0.120. The quantitative estimate of drug-likeness (QED) is 0.608. The van der Waals surface area contributed by atoms with Crippen LogP contribution in [0.15, 0.2) is 18.2 Å². The van der Waals surface area contributed by atoms with E-state index in [9.17, 15) is 10.1 Å². The number of nitro groups is 1. The Morgan fingerprint density at radius 3 is 2.58 bits per heavy atom. The van der Waals surface area contributed by atoms with Crippen LogP contribution < -0.4 is 10.1 Å². The maximum Gasteiger partial charge on any atom is 0.311 e. The fourth-order valence-corrected chi connectivity index (χ4v) is 1.68. The van der Waals surface area contributed by atoms with Crippen LogP contribution in [-0.4, -0.2) is 30.8 Å². The molecule has 0 spiro atoms. The Labute approximate surface area is 112 Å². The summed E-state index contributed by atoms with van der Waals surface area (Å²) in [5, 5.41) is 14.1. The van der Waals surface area contributed by atoms with Crippen molar-refractivity contribution in [2.75, 3.05) is 19.0 Å². The zero-order valence-electron chi connectivity index (χ0n) is 11.7. The monoisotopic (exact) mass is 268 g/mol. The molecule has 1 rings (SSSR count). The van der Waals surface area contributed by atoms with Crippen molar-refractivity contribution in [1.82, 2.24) is 0 Å². The summed E-state index contributed by atoms with van der Waals surface area (Å²) in [6.45, 7) is 6.18. The van der Waals surface area contributed by atoms with Gasteiger partial charge in [-0.25, -0.2) is 0 Å². The minimum atomic E-state index is -0.444. The van der Waals surface area contributed by atoms with Gasteiger partial charge in [-0.05, 0) is 26.8 Å². The second-order valence-electron chi connectivity index (χ2n) is 4.61. The smallest absolute Gasteiger partial charge is 0.311 e. The minimum Gasteiger partial charge on any atom is -0.484 e. The van der Waals surface area contributed by atoms with Crippen molar-refractivity contribution in [2.45, 2.75) is 32.9 Å². The van der Waals surface area contributed by atoms with E-state index in [4.69, 9.17) is 9.47 Å². The summed E-state index contributed by atoms with van der Waals surface area (Å²) in [6, 6.07) is 4.86. The van der Waals surface area contributed by atoms with Gasteiger partial charge in [-0.3, -0.25) is 10.1 Å². The van der Waals surface area contributed by atoms with E-state index in [2.05, 4.69) is 5.32 Å². The molecule has 19 heavy (non-hydrogen) atoms. The molecule has 0 aromatic heterocycles. The van der Waals surface area contributed by atoms with Gasteiger partial charge >= 0.3 is 5.69 Å². The predicted molar refractivity (Wildman–Crippen MR) is 73.8 cm³/mol. The van der Waals surface area contributed by atoms with Gasteiger partial charge in [0, 0.05) is 31.0 Å². The van der Waals surface area contributed by atoms with E-state index < -0.39 is 4.92 Å². The highest BCUT2D eigenvalue weighted by Gasteiger charge is 2.17. The molecule has 0 aliphatic rings. The first-order chi connectivity index (χ1) is 8.93. The van der Waals surface area contributed by atoms with Crippen LogP contribution in [0.4, 0.5) is 11.4 Å². The topological polar surface area (TPSA) is 73.6 Å². The molecule has 0 amide bonds. The average molecular weight is 268 g/mol. The summed E-state index contributed by atoms with van der Waals surface area (Å²) in [5.74, 6) is 0.273. The Morgan fingerprint density at radius 1 is 1.37 bits per heavy atom. The minimum absolute atomic E-state index is 0.0290. The third kappa shape index (κ3) is 4.75. The van der Waals surface area contributed by atoms with Crippen LogP contribution in [0.5, 0.6) is 5.75 Å². The number of hydrogen-bond acceptors (Lipinski definition) is 5. The molecule has 1 N–H and O–H groups in total. The van der Waals surface area contributed by atoms with Crippen LogP contribution in [0.2, 0.25) is 0 Å². The molecular formula is C13H20N2O4. The number of nitrogens with one attached hydrogen (secondary N) is 1. The maximum atomic E-state index is 10.9. The third-order valence-corrected chi connectivity index (χ3v) is 2.35. The van der Waals surface area contributed by atoms with Crippen LogP contribution in [0, 0.1) is 10.1 Å². The molecule has 1 unspecified atom stereocenters. The Kier molecular flexibility index (Phi) is 5.57. The molecule has 0 radical (unpaired) electrons. The number of methoxy groups -OCH3 is 1. The average Bonchev–Trinajstić information content (AvgIpc) is 2.28. The molecule has 0 bridgehead atoms. The second kappa shape index (κ2) is 6.94. The SMILES string of the molecule is COCC(C)Nc1ccc([N+](=O)[O-])c(OC(C)C)c1. The lowest BCUT2D eigenvalue weighted by atomic mass is 10.2. The Bertz CT molecular complexity index is 435. The maximum absolute atomic E-state index is 10.9. The largest absolute Gasteiger partial charge is 0.484 e. The van der Waals surface area contributed by atoms with E-state index in [1.807, 2.05) is 20.8 Å². The summed E-state index contributed by atoms with van der Waals surface area (Å²) in [4.78, 5) is 10.5. The summed E-state index contributed by atoms with van der Waals surface area (Å²) in [5.41, 5.74) is 0.740. The molecule has 0 saturated heterocycles. The van der Waals surface area contributed by atoms with E-state index >= 15 is 0 Å². The third-order valence-electron chi connectivity index (χ3n) is 2.35. The lowest BCUT2D eigenvalue weighted by Gasteiger charge is -2.16. The van der Waals surface area contributed by atoms with Crippen molar-refractivity contribution >= 4 is 11.4 Å². The highest BCUT2D eigenvalue weighted by atomic mass is 16.6. The molecule has 0 fully saturated rings. The van der Waals surface area contributed by atoms with Crippen LogP contribution >= 0.6 is 0 Å². The lowest BCUT2D eigenvalue weighted by Crippen LogP contribution is -2.20. The first-order valence-electron chi connectivity index (χ1n) is 6.14. The summed E-state index contributed by atoms with van der Waals surface area (Å²) < 4.78 is 10.5. The van der Waals surface area contributed by atoms with E-state index in [-0.39, 0.29) is 23.6 Å². The van der Waals surface area contributed by atoms with Crippen LogP contribution in [0.3, 0.4) is 0 Å². The number of benzene rings is 1. The zero-order chi connectivity index (χ0) is 14.4. The molecule has 6 heteroatoms. The predicted octanol–water partition coefficient (Wildman–Crippen LogP) is 2.83. The number of rotatable bonds is 7. The van der Waals surface area contributed by atoms with Gasteiger partial charge in [-0.2, -0.15) is 0 Å². The van der Waals surface area contributed by atoms with Gasteiger partial charge < -0.3 is 14.8 Å². The molecule has 6 nitrogen and oxygen atoms in total. The van der Waals surface area contributed by atoms with Gasteiger partial charge in [-0.15, -0.1) is 0 Å². The summed E-state index contributed by atoms with van der Waals surface area (Å²) in [7, 11) is 1.63. The van der Waals surface area contributed by atoms with E-state index in [0.717, 1.165) is 5.69 Å². The van der Waals surface area contributed by atoms with Crippen molar-refractivity contribution in [3.63, 3.8) is 0 Å². The molecule has 1 atom stereocenters. The van der Waals surface area contributed by atoms with Crippen LogP contribution in [0.25, 0.3) is 0 Å². The number of hydrogen-bond donors (Lipinski definition) is 1. The van der Waals surface area contributed by atoms with Crippen molar-refractivity contribution in [3.05, 3.63) is 28.3 Å². The molecule has 0 heterocycles. The molecule has 1 aromatic carbocycles. The normalized spacial score (nSPS) is 12.3. The molecule has 0 saturated carbocycles. The fourth-order valence-electron chi connectivity index (χ4n) is 1.68. The first kappa shape index (κ1) is 15.2. The Morgan fingerprint density at radius 2 is 2.05 bits per heavy atom. The molecule has 0 aliphatic heterocycles. The number of anilines is 1.